The number of hydrogen-bond acceptors (Lipinski definition) is 6. The van der Waals surface area contributed by atoms with Gasteiger partial charge in [0.2, 0.25) is 0 Å². The van der Waals surface area contributed by atoms with Crippen LogP contribution in [0.3, 0.4) is 0 Å². The first-order valence-corrected chi connectivity index (χ1v) is 6.97. The molecule has 1 amide bonds. The molecule has 3 rings (SSSR count). The van der Waals surface area contributed by atoms with Gasteiger partial charge in [0.15, 0.2) is 11.3 Å². The van der Waals surface area contributed by atoms with Crippen molar-refractivity contribution < 1.29 is 14.1 Å². The lowest BCUT2D eigenvalue weighted by molar-refractivity contribution is 0.0383. The van der Waals surface area contributed by atoms with E-state index < -0.39 is 0 Å². The molecule has 1 aromatic carbocycles. The number of rotatable bonds is 4. The number of fused-ring (bicyclic) bond motifs is 1. The zero-order valence-corrected chi connectivity index (χ0v) is 11.7. The molecule has 0 spiro atoms. The number of amides is 1. The van der Waals surface area contributed by atoms with E-state index in [0.29, 0.717) is 28.9 Å². The minimum atomic E-state index is -0.230. The number of ether oxygens (including phenoxy) is 1. The highest BCUT2D eigenvalue weighted by Crippen LogP contribution is 2.20. The average molecular weight is 290 g/mol. The Morgan fingerprint density at radius 1 is 1.38 bits per heavy atom. The van der Waals surface area contributed by atoms with Crippen molar-refractivity contribution in [3.05, 3.63) is 23.9 Å². The van der Waals surface area contributed by atoms with Crippen LogP contribution in [0.1, 0.15) is 10.5 Å². The maximum atomic E-state index is 12.1. The van der Waals surface area contributed by atoms with Gasteiger partial charge in [0.05, 0.1) is 18.6 Å². The van der Waals surface area contributed by atoms with Crippen LogP contribution in [0.25, 0.3) is 11.0 Å². The summed E-state index contributed by atoms with van der Waals surface area (Å²) in [5, 5.41) is 7.36. The van der Waals surface area contributed by atoms with Crippen LogP contribution >= 0.6 is 0 Å². The van der Waals surface area contributed by atoms with Crippen LogP contribution in [-0.2, 0) is 4.74 Å². The normalized spacial score (nSPS) is 16.2. The van der Waals surface area contributed by atoms with Gasteiger partial charge in [-0.15, -0.1) is 0 Å². The second-order valence-corrected chi connectivity index (χ2v) is 5.00. The van der Waals surface area contributed by atoms with Crippen molar-refractivity contribution in [3.8, 4) is 0 Å². The summed E-state index contributed by atoms with van der Waals surface area (Å²) in [5.41, 5.74) is 7.07. The van der Waals surface area contributed by atoms with Gasteiger partial charge in [0, 0.05) is 37.9 Å². The number of nitrogens with zero attached hydrogens (tertiary/aromatic N) is 2. The van der Waals surface area contributed by atoms with Gasteiger partial charge >= 0.3 is 0 Å². The van der Waals surface area contributed by atoms with Crippen molar-refractivity contribution in [2.45, 2.75) is 0 Å². The van der Waals surface area contributed by atoms with Crippen molar-refractivity contribution in [2.75, 3.05) is 45.1 Å². The van der Waals surface area contributed by atoms with E-state index in [-0.39, 0.29) is 5.91 Å². The molecule has 7 heteroatoms. The Kier molecular flexibility index (Phi) is 4.03. The smallest absolute Gasteiger partial charge is 0.274 e. The molecule has 2 heterocycles. The summed E-state index contributed by atoms with van der Waals surface area (Å²) in [4.78, 5) is 14.4. The third kappa shape index (κ3) is 3.14. The van der Waals surface area contributed by atoms with Gasteiger partial charge in [0.25, 0.3) is 5.91 Å². The van der Waals surface area contributed by atoms with Crippen LogP contribution < -0.4 is 11.1 Å². The molecule has 112 valence electrons. The maximum absolute atomic E-state index is 12.1. The number of aromatic nitrogens is 1. The molecule has 0 aliphatic carbocycles. The fraction of sp³-hybridized carbons (Fsp3) is 0.429. The van der Waals surface area contributed by atoms with E-state index in [1.54, 1.807) is 18.2 Å². The van der Waals surface area contributed by atoms with Crippen LogP contribution in [0.5, 0.6) is 0 Å². The number of nitrogens with two attached hydrogens (primary N) is 1. The summed E-state index contributed by atoms with van der Waals surface area (Å²) in [6.45, 7) is 4.69. The molecule has 21 heavy (non-hydrogen) atoms. The molecule has 0 unspecified atom stereocenters. The predicted octanol–water partition coefficient (Wildman–Crippen LogP) is 0.472. The van der Waals surface area contributed by atoms with E-state index in [9.17, 15) is 4.79 Å². The van der Waals surface area contributed by atoms with Crippen LogP contribution in [-0.4, -0.2) is 55.4 Å². The highest BCUT2D eigenvalue weighted by Gasteiger charge is 2.16. The Hall–Kier alpha value is -2.12. The van der Waals surface area contributed by atoms with Crippen LogP contribution in [0.4, 0.5) is 5.69 Å². The van der Waals surface area contributed by atoms with Crippen molar-refractivity contribution in [1.82, 2.24) is 15.4 Å². The van der Waals surface area contributed by atoms with E-state index in [1.807, 2.05) is 0 Å². The molecule has 7 nitrogen and oxygen atoms in total. The van der Waals surface area contributed by atoms with Gasteiger partial charge in [0.1, 0.15) is 0 Å². The van der Waals surface area contributed by atoms with Crippen molar-refractivity contribution in [2.24, 2.45) is 0 Å². The molecule has 1 aromatic heterocycles. The Morgan fingerprint density at radius 3 is 3.00 bits per heavy atom. The third-order valence-electron chi connectivity index (χ3n) is 3.53. The SMILES string of the molecule is Nc1ccc2c(C(=O)NCCN3CCOCC3)noc2c1. The van der Waals surface area contributed by atoms with Crippen molar-refractivity contribution in [3.63, 3.8) is 0 Å². The van der Waals surface area contributed by atoms with Gasteiger partial charge in [-0.25, -0.2) is 0 Å². The first-order valence-electron chi connectivity index (χ1n) is 6.97. The summed E-state index contributed by atoms with van der Waals surface area (Å²) >= 11 is 0. The number of hydrogen-bond donors (Lipinski definition) is 2. The number of anilines is 1. The van der Waals surface area contributed by atoms with E-state index in [4.69, 9.17) is 15.0 Å². The number of nitrogen functional groups attached to an aromatic ring is 1. The minimum Gasteiger partial charge on any atom is -0.399 e. The Balaban J connectivity index is 1.59. The largest absolute Gasteiger partial charge is 0.399 e. The second kappa shape index (κ2) is 6.11. The zero-order valence-electron chi connectivity index (χ0n) is 11.7. The highest BCUT2D eigenvalue weighted by molar-refractivity contribution is 6.04. The third-order valence-corrected chi connectivity index (χ3v) is 3.53. The summed E-state index contributed by atoms with van der Waals surface area (Å²) in [7, 11) is 0. The van der Waals surface area contributed by atoms with Crippen LogP contribution in [0, 0.1) is 0 Å². The predicted molar refractivity (Wildman–Crippen MR) is 78.0 cm³/mol. The van der Waals surface area contributed by atoms with E-state index in [2.05, 4.69) is 15.4 Å². The minimum absolute atomic E-state index is 0.230. The number of morpholine rings is 1. The fourth-order valence-corrected chi connectivity index (χ4v) is 2.35. The molecule has 1 fully saturated rings. The molecule has 0 atom stereocenters. The van der Waals surface area contributed by atoms with Crippen LogP contribution in [0.15, 0.2) is 22.7 Å². The molecule has 0 radical (unpaired) electrons. The molecule has 1 aliphatic rings. The van der Waals surface area contributed by atoms with Crippen molar-refractivity contribution in [1.29, 1.82) is 0 Å². The van der Waals surface area contributed by atoms with Gasteiger partial charge in [-0.1, -0.05) is 5.16 Å². The standard InChI is InChI=1S/C14H18N4O3/c15-10-1-2-11-12(9-10)21-17-13(11)14(19)16-3-4-18-5-7-20-8-6-18/h1-2,9H,3-8,15H2,(H,16,19). The summed E-state index contributed by atoms with van der Waals surface area (Å²) < 4.78 is 10.4. The Labute approximate surface area is 122 Å². The zero-order chi connectivity index (χ0) is 14.7. The maximum Gasteiger partial charge on any atom is 0.274 e. The van der Waals surface area contributed by atoms with Gasteiger partial charge in [-0.2, -0.15) is 0 Å². The molecule has 3 N–H and O–H groups in total. The second-order valence-electron chi connectivity index (χ2n) is 5.00. The van der Waals surface area contributed by atoms with Crippen LogP contribution in [0.2, 0.25) is 0 Å². The summed E-state index contributed by atoms with van der Waals surface area (Å²) in [6.07, 6.45) is 0. The molecular weight excluding hydrogens is 272 g/mol. The number of carbonyl (C=O) groups is 1. The van der Waals surface area contributed by atoms with Gasteiger partial charge in [-0.3, -0.25) is 9.69 Å². The van der Waals surface area contributed by atoms with E-state index >= 15 is 0 Å². The van der Waals surface area contributed by atoms with Gasteiger partial charge < -0.3 is 20.3 Å². The summed E-state index contributed by atoms with van der Waals surface area (Å²) in [6, 6.07) is 5.13. The molecule has 1 aliphatic heterocycles. The average Bonchev–Trinajstić information content (AvgIpc) is 2.91. The first-order chi connectivity index (χ1) is 10.2. The number of nitrogens with one attached hydrogen (secondary N) is 1. The van der Waals surface area contributed by atoms with Gasteiger partial charge in [-0.05, 0) is 12.1 Å². The lowest BCUT2D eigenvalue weighted by Crippen LogP contribution is -2.41. The molecule has 1 saturated heterocycles. The first kappa shape index (κ1) is 13.8. The number of carbonyl (C=O) groups excluding carboxylic acids is 1. The highest BCUT2D eigenvalue weighted by atomic mass is 16.5. The lowest BCUT2D eigenvalue weighted by atomic mass is 10.2. The molecule has 2 aromatic rings. The fourth-order valence-electron chi connectivity index (χ4n) is 2.35. The Bertz CT molecular complexity index is 634. The molecule has 0 saturated carbocycles. The monoisotopic (exact) mass is 290 g/mol. The summed E-state index contributed by atoms with van der Waals surface area (Å²) in [5.74, 6) is -0.230. The Morgan fingerprint density at radius 2 is 2.19 bits per heavy atom. The van der Waals surface area contributed by atoms with E-state index in [1.165, 1.54) is 0 Å². The topological polar surface area (TPSA) is 93.6 Å². The molecule has 0 bridgehead atoms. The quantitative estimate of drug-likeness (QED) is 0.795. The number of benzene rings is 1. The lowest BCUT2D eigenvalue weighted by Gasteiger charge is -2.26. The molecular formula is C14H18N4O3. The van der Waals surface area contributed by atoms with Crippen molar-refractivity contribution >= 4 is 22.6 Å². The van der Waals surface area contributed by atoms with E-state index in [0.717, 1.165) is 32.8 Å².